The Morgan fingerprint density at radius 1 is 1.06 bits per heavy atom. The predicted molar refractivity (Wildman–Crippen MR) is 115 cm³/mol. The second kappa shape index (κ2) is 8.89. The Balaban J connectivity index is 0.00000231. The van der Waals surface area contributed by atoms with Crippen LogP contribution in [0.4, 0.5) is 5.69 Å². The van der Waals surface area contributed by atoms with E-state index in [1.807, 2.05) is 35.2 Å². The first-order chi connectivity index (χ1) is 14.6. The maximum Gasteiger partial charge on any atom is 0.274 e. The van der Waals surface area contributed by atoms with Gasteiger partial charge in [0.2, 0.25) is 0 Å². The van der Waals surface area contributed by atoms with Crippen LogP contribution in [-0.2, 0) is 44.2 Å². The molecule has 0 spiro atoms. The Labute approximate surface area is 193 Å². The van der Waals surface area contributed by atoms with Crippen LogP contribution in [0.2, 0.25) is 0 Å². The van der Waals surface area contributed by atoms with Gasteiger partial charge in [-0.05, 0) is 12.1 Å². The van der Waals surface area contributed by atoms with E-state index in [0.29, 0.717) is 57.1 Å². The van der Waals surface area contributed by atoms with Crippen LogP contribution in [0.5, 0.6) is 0 Å². The van der Waals surface area contributed by atoms with Gasteiger partial charge in [0.05, 0.1) is 24.3 Å². The van der Waals surface area contributed by atoms with E-state index in [1.54, 1.807) is 13.2 Å². The third-order valence-corrected chi connectivity index (χ3v) is 5.94. The molecule has 0 atom stereocenters. The zero-order valence-corrected chi connectivity index (χ0v) is 20.7. The Bertz CT molecular complexity index is 1190. The van der Waals surface area contributed by atoms with E-state index >= 15 is 0 Å². The van der Waals surface area contributed by atoms with E-state index in [9.17, 15) is 9.59 Å². The molecular weight excluding hydrogens is 446 g/mol. The van der Waals surface area contributed by atoms with Gasteiger partial charge in [0.25, 0.3) is 11.5 Å². The van der Waals surface area contributed by atoms with Gasteiger partial charge in [0.1, 0.15) is 5.69 Å². The first kappa shape index (κ1) is 21.7. The van der Waals surface area contributed by atoms with Gasteiger partial charge in [-0.3, -0.25) is 14.6 Å². The molecule has 5 rings (SSSR count). The predicted octanol–water partition coefficient (Wildman–Crippen LogP) is 1.97. The molecule has 4 heterocycles. The molecule has 1 saturated heterocycles. The quantitative estimate of drug-likeness (QED) is 0.547. The van der Waals surface area contributed by atoms with Crippen molar-refractivity contribution < 1.29 is 29.0 Å². The fourth-order valence-electron chi connectivity index (χ4n) is 4.32. The number of anilines is 1. The van der Waals surface area contributed by atoms with Crippen LogP contribution < -0.4 is 10.5 Å². The van der Waals surface area contributed by atoms with Gasteiger partial charge >= 0.3 is 0 Å². The molecule has 0 unspecified atom stereocenters. The van der Waals surface area contributed by atoms with Crippen LogP contribution in [0.1, 0.15) is 21.6 Å². The maximum absolute atomic E-state index is 13.1. The smallest absolute Gasteiger partial charge is 0.274 e. The molecule has 0 N–H and O–H groups in total. The molecule has 0 bridgehead atoms. The van der Waals surface area contributed by atoms with Crippen molar-refractivity contribution in [1.29, 1.82) is 0 Å². The first-order valence-corrected chi connectivity index (χ1v) is 10.3. The molecule has 1 fully saturated rings. The molecule has 7 nitrogen and oxygen atoms in total. The fraction of sp³-hybridized carbons (Fsp3) is 0.348. The molecule has 0 saturated carbocycles. The summed E-state index contributed by atoms with van der Waals surface area (Å²) in [6, 6.07) is 12.1. The zero-order valence-electron chi connectivity index (χ0n) is 17.7. The normalized spacial score (nSPS) is 15.8. The molecule has 2 aliphatic heterocycles. The van der Waals surface area contributed by atoms with E-state index in [-0.39, 0.29) is 30.9 Å². The summed E-state index contributed by atoms with van der Waals surface area (Å²) >= 11 is 0. The van der Waals surface area contributed by atoms with E-state index in [0.717, 1.165) is 22.2 Å². The minimum absolute atomic E-state index is 0. The number of ether oxygens (including phenoxy) is 1. The molecular formula is C23H24N4O3Zn. The van der Waals surface area contributed by atoms with Crippen LogP contribution >= 0.6 is 0 Å². The van der Waals surface area contributed by atoms with Gasteiger partial charge in [-0.1, -0.05) is 24.3 Å². The summed E-state index contributed by atoms with van der Waals surface area (Å²) in [6.45, 7) is 3.56. The van der Waals surface area contributed by atoms with Gasteiger partial charge in [-0.25, -0.2) is 0 Å². The zero-order chi connectivity index (χ0) is 20.7. The van der Waals surface area contributed by atoms with Gasteiger partial charge in [0, 0.05) is 82.0 Å². The molecule has 1 aromatic carbocycles. The van der Waals surface area contributed by atoms with Gasteiger partial charge < -0.3 is 19.1 Å². The molecule has 31 heavy (non-hydrogen) atoms. The van der Waals surface area contributed by atoms with Gasteiger partial charge in [0.15, 0.2) is 0 Å². The summed E-state index contributed by atoms with van der Waals surface area (Å²) in [6.07, 6.45) is 2.35. The number of carbonyl (C=O) groups excluding carboxylic acids is 1. The molecule has 1 amide bonds. The Morgan fingerprint density at radius 3 is 2.65 bits per heavy atom. The first-order valence-electron chi connectivity index (χ1n) is 10.3. The number of rotatable bonds is 4. The van der Waals surface area contributed by atoms with E-state index < -0.39 is 0 Å². The largest absolute Gasteiger partial charge is 0.378 e. The number of aromatic nitrogens is 2. The van der Waals surface area contributed by atoms with Crippen molar-refractivity contribution in [2.45, 2.75) is 13.0 Å². The van der Waals surface area contributed by atoms with Crippen molar-refractivity contribution in [1.82, 2.24) is 14.5 Å². The third kappa shape index (κ3) is 4.02. The minimum atomic E-state index is -0.0542. The Hall–Kier alpha value is -2.57. The van der Waals surface area contributed by atoms with Gasteiger partial charge in [-0.2, -0.15) is 0 Å². The summed E-state index contributed by atoms with van der Waals surface area (Å²) < 4.78 is 6.96. The number of amides is 1. The van der Waals surface area contributed by atoms with Crippen LogP contribution in [-0.4, -0.2) is 53.2 Å². The number of nitrogens with zero attached hydrogens (tertiary/aromatic N) is 4. The average molecular weight is 470 g/mol. The average Bonchev–Trinajstić information content (AvgIpc) is 3.08. The van der Waals surface area contributed by atoms with Gasteiger partial charge in [-0.15, -0.1) is 0 Å². The number of pyridine rings is 2. The number of aryl methyl sites for hydroxylation is 1. The van der Waals surface area contributed by atoms with E-state index in [4.69, 9.17) is 9.72 Å². The molecule has 156 valence electrons. The minimum Gasteiger partial charge on any atom is -0.378 e. The number of morpholine rings is 1. The Morgan fingerprint density at radius 2 is 1.84 bits per heavy atom. The van der Waals surface area contributed by atoms with Crippen molar-refractivity contribution in [3.8, 4) is 0 Å². The van der Waals surface area contributed by atoms with Crippen LogP contribution in [0, 0.1) is 0 Å². The summed E-state index contributed by atoms with van der Waals surface area (Å²) in [5, 5.41) is 1.11. The summed E-state index contributed by atoms with van der Waals surface area (Å²) in [5.74, 6) is -0.0177. The van der Waals surface area contributed by atoms with Crippen LogP contribution in [0.25, 0.3) is 10.9 Å². The van der Waals surface area contributed by atoms with Crippen molar-refractivity contribution in [2.24, 2.45) is 7.05 Å². The molecule has 2 aliphatic rings. The van der Waals surface area contributed by atoms with Crippen molar-refractivity contribution in [3.63, 3.8) is 0 Å². The number of carbonyl (C=O) groups is 1. The molecule has 2 aromatic heterocycles. The second-order valence-electron chi connectivity index (χ2n) is 7.86. The summed E-state index contributed by atoms with van der Waals surface area (Å²) in [7, 11) is 1.71. The van der Waals surface area contributed by atoms with Crippen molar-refractivity contribution >= 4 is 22.5 Å². The van der Waals surface area contributed by atoms with Crippen molar-refractivity contribution in [2.75, 3.05) is 37.7 Å². The number of hydrogen-bond acceptors (Lipinski definition) is 5. The standard InChI is InChI=1S/C23H24N4O3.Zn/c1-25-14-19-18(21(23(25)29)26-10-12-30-13-11-26)15-27(22(19)28)9-8-17-7-6-16-4-2-3-5-20(16)24-17;/h2-7,14H,8-13,15H2,1H3;. The molecule has 0 aliphatic carbocycles. The summed E-state index contributed by atoms with van der Waals surface area (Å²) in [4.78, 5) is 34.6. The topological polar surface area (TPSA) is 67.7 Å². The number of benzene rings is 1. The molecule has 0 radical (unpaired) electrons. The monoisotopic (exact) mass is 468 g/mol. The number of para-hydroxylation sites is 1. The maximum atomic E-state index is 13.1. The third-order valence-electron chi connectivity index (χ3n) is 5.94. The molecule has 3 aromatic rings. The fourth-order valence-corrected chi connectivity index (χ4v) is 4.32. The molecule has 8 heteroatoms. The second-order valence-corrected chi connectivity index (χ2v) is 7.86. The SMILES string of the molecule is Cn1cc2c(c(N3CCOCC3)c1=O)CN(CCc1ccc3ccccc3n1)C2=O.[Zn]. The van der Waals surface area contributed by atoms with E-state index in [1.165, 1.54) is 4.57 Å². The van der Waals surface area contributed by atoms with Crippen molar-refractivity contribution in [3.05, 3.63) is 69.8 Å². The number of fused-ring (bicyclic) bond motifs is 2. The van der Waals surface area contributed by atoms with Crippen LogP contribution in [0.3, 0.4) is 0 Å². The summed E-state index contributed by atoms with van der Waals surface area (Å²) in [5.41, 5.74) is 3.99. The van der Waals surface area contributed by atoms with Crippen LogP contribution in [0.15, 0.2) is 47.4 Å². The number of hydrogen-bond donors (Lipinski definition) is 0. The van der Waals surface area contributed by atoms with E-state index in [2.05, 4.69) is 11.0 Å². The Kier molecular flexibility index (Phi) is 6.21.